The number of hydrogen-bond donors (Lipinski definition) is 2. The summed E-state index contributed by atoms with van der Waals surface area (Å²) in [5.74, 6) is -0.0754. The van der Waals surface area contributed by atoms with Gasteiger partial charge in [-0.05, 0) is 25.6 Å². The number of aryl methyl sites for hydroxylation is 1. The van der Waals surface area contributed by atoms with Crippen LogP contribution in [0.2, 0.25) is 0 Å². The summed E-state index contributed by atoms with van der Waals surface area (Å²) in [5.41, 5.74) is 2.02. The van der Waals surface area contributed by atoms with Crippen molar-refractivity contribution in [1.82, 2.24) is 5.32 Å². The van der Waals surface area contributed by atoms with Crippen LogP contribution in [0.1, 0.15) is 12.5 Å². The second-order valence-electron chi connectivity index (χ2n) is 4.66. The topological polar surface area (TPSA) is 50.4 Å². The third kappa shape index (κ3) is 3.09. The van der Waals surface area contributed by atoms with Crippen LogP contribution in [0.5, 0.6) is 0 Å². The van der Waals surface area contributed by atoms with Crippen molar-refractivity contribution >= 4 is 11.6 Å². The van der Waals surface area contributed by atoms with Gasteiger partial charge in [0.25, 0.3) is 0 Å². The van der Waals surface area contributed by atoms with Crippen LogP contribution >= 0.6 is 0 Å². The number of carbonyl (C=O) groups excluding carboxylic acids is 1. The molecule has 4 nitrogen and oxygen atoms in total. The molecule has 1 aliphatic heterocycles. The lowest BCUT2D eigenvalue weighted by molar-refractivity contribution is -0.120. The predicted octanol–water partition coefficient (Wildman–Crippen LogP) is 1.56. The van der Waals surface area contributed by atoms with Gasteiger partial charge in [0.1, 0.15) is 0 Å². The highest BCUT2D eigenvalue weighted by Gasteiger charge is 2.33. The van der Waals surface area contributed by atoms with Gasteiger partial charge in [-0.25, -0.2) is 0 Å². The van der Waals surface area contributed by atoms with Crippen molar-refractivity contribution in [3.63, 3.8) is 0 Å². The first-order chi connectivity index (χ1) is 8.70. The number of rotatable bonds is 4. The lowest BCUT2D eigenvalue weighted by atomic mass is 10.0. The molecule has 2 N–H and O–H groups in total. The number of nitrogens with one attached hydrogen (secondary N) is 2. The molecule has 2 atom stereocenters. The zero-order valence-electron chi connectivity index (χ0n) is 10.9. The van der Waals surface area contributed by atoms with E-state index >= 15 is 0 Å². The number of hydrogen-bond acceptors (Lipinski definition) is 3. The van der Waals surface area contributed by atoms with Gasteiger partial charge in [0.05, 0.1) is 19.1 Å². The van der Waals surface area contributed by atoms with E-state index in [1.807, 2.05) is 38.1 Å². The lowest BCUT2D eigenvalue weighted by Crippen LogP contribution is -2.41. The van der Waals surface area contributed by atoms with E-state index in [1.165, 1.54) is 5.56 Å². The maximum atomic E-state index is 12.2. The Morgan fingerprint density at radius 1 is 1.33 bits per heavy atom. The molecule has 1 aliphatic rings. The minimum Gasteiger partial charge on any atom is -0.379 e. The Kier molecular flexibility index (Phi) is 4.33. The molecule has 1 aromatic rings. The summed E-state index contributed by atoms with van der Waals surface area (Å²) in [4.78, 5) is 12.2. The number of likely N-dealkylation sites (N-methyl/N-ethyl adjacent to an activating group) is 1. The van der Waals surface area contributed by atoms with Gasteiger partial charge >= 0.3 is 0 Å². The number of amides is 1. The van der Waals surface area contributed by atoms with Crippen LogP contribution in [0.15, 0.2) is 24.3 Å². The molecule has 1 amide bonds. The normalized spacial score (nSPS) is 23.0. The van der Waals surface area contributed by atoms with E-state index in [1.54, 1.807) is 0 Å². The Morgan fingerprint density at radius 2 is 2.06 bits per heavy atom. The monoisotopic (exact) mass is 248 g/mol. The second-order valence-corrected chi connectivity index (χ2v) is 4.66. The highest BCUT2D eigenvalue weighted by atomic mass is 16.5. The summed E-state index contributed by atoms with van der Waals surface area (Å²) in [6.07, 6.45) is 0. The molecule has 1 heterocycles. The minimum absolute atomic E-state index is 0.0299. The highest BCUT2D eigenvalue weighted by Crippen LogP contribution is 2.17. The van der Waals surface area contributed by atoms with Crippen LogP contribution in [-0.2, 0) is 9.53 Å². The fourth-order valence-electron chi connectivity index (χ4n) is 2.15. The van der Waals surface area contributed by atoms with Crippen LogP contribution in [0.25, 0.3) is 0 Å². The molecule has 0 saturated carbocycles. The first-order valence-electron chi connectivity index (χ1n) is 6.39. The number of ether oxygens (including phenoxy) is 1. The van der Waals surface area contributed by atoms with Crippen molar-refractivity contribution in [2.75, 3.05) is 25.1 Å². The van der Waals surface area contributed by atoms with E-state index in [9.17, 15) is 4.79 Å². The highest BCUT2D eigenvalue weighted by molar-refractivity contribution is 5.93. The fourth-order valence-corrected chi connectivity index (χ4v) is 2.15. The predicted molar refractivity (Wildman–Crippen MR) is 71.6 cm³/mol. The van der Waals surface area contributed by atoms with Crippen LogP contribution in [0.3, 0.4) is 0 Å². The van der Waals surface area contributed by atoms with Crippen molar-refractivity contribution in [2.24, 2.45) is 5.92 Å². The molecule has 0 bridgehead atoms. The van der Waals surface area contributed by atoms with Gasteiger partial charge in [-0.15, -0.1) is 0 Å². The number of carbonyl (C=O) groups is 1. The molecule has 1 fully saturated rings. The summed E-state index contributed by atoms with van der Waals surface area (Å²) in [5, 5.41) is 6.23. The molecule has 0 radical (unpaired) electrons. The second kappa shape index (κ2) is 5.98. The lowest BCUT2D eigenvalue weighted by Gasteiger charge is -2.17. The first-order valence-corrected chi connectivity index (χ1v) is 6.39. The summed E-state index contributed by atoms with van der Waals surface area (Å²) in [6, 6.07) is 7.95. The fraction of sp³-hybridized carbons (Fsp3) is 0.500. The maximum Gasteiger partial charge on any atom is 0.231 e. The number of benzene rings is 1. The zero-order valence-corrected chi connectivity index (χ0v) is 10.9. The quantitative estimate of drug-likeness (QED) is 0.850. The van der Waals surface area contributed by atoms with Gasteiger partial charge in [0.15, 0.2) is 0 Å². The summed E-state index contributed by atoms with van der Waals surface area (Å²) < 4.78 is 5.38. The Labute approximate surface area is 108 Å². The Hall–Kier alpha value is -1.39. The van der Waals surface area contributed by atoms with Crippen molar-refractivity contribution in [3.8, 4) is 0 Å². The van der Waals surface area contributed by atoms with E-state index in [2.05, 4.69) is 10.6 Å². The van der Waals surface area contributed by atoms with E-state index in [4.69, 9.17) is 4.74 Å². The molecule has 1 aromatic carbocycles. The Morgan fingerprint density at radius 3 is 2.72 bits per heavy atom. The van der Waals surface area contributed by atoms with Crippen LogP contribution in [-0.4, -0.2) is 31.7 Å². The summed E-state index contributed by atoms with van der Waals surface area (Å²) in [7, 11) is 0. The first kappa shape index (κ1) is 13.1. The van der Waals surface area contributed by atoms with Crippen LogP contribution in [0, 0.1) is 12.8 Å². The van der Waals surface area contributed by atoms with Gasteiger partial charge in [-0.2, -0.15) is 0 Å². The van der Waals surface area contributed by atoms with Gasteiger partial charge in [0, 0.05) is 11.7 Å². The van der Waals surface area contributed by atoms with E-state index in [0.29, 0.717) is 13.2 Å². The van der Waals surface area contributed by atoms with E-state index in [0.717, 1.165) is 12.2 Å². The van der Waals surface area contributed by atoms with E-state index < -0.39 is 0 Å². The zero-order chi connectivity index (χ0) is 13.0. The van der Waals surface area contributed by atoms with Crippen molar-refractivity contribution in [2.45, 2.75) is 19.9 Å². The molecule has 0 spiro atoms. The largest absolute Gasteiger partial charge is 0.379 e. The Bertz CT molecular complexity index is 403. The van der Waals surface area contributed by atoms with Gasteiger partial charge in [-0.1, -0.05) is 24.6 Å². The molecule has 4 heteroatoms. The van der Waals surface area contributed by atoms with Crippen molar-refractivity contribution < 1.29 is 9.53 Å². The molecule has 2 unspecified atom stereocenters. The average molecular weight is 248 g/mol. The summed E-state index contributed by atoms with van der Waals surface area (Å²) >= 11 is 0. The minimum atomic E-state index is -0.105. The van der Waals surface area contributed by atoms with Gasteiger partial charge < -0.3 is 15.4 Å². The molecule has 1 saturated heterocycles. The molecule has 0 aromatic heterocycles. The Balaban J connectivity index is 1.96. The third-order valence-electron chi connectivity index (χ3n) is 3.20. The molecular weight excluding hydrogens is 228 g/mol. The van der Waals surface area contributed by atoms with Crippen LogP contribution < -0.4 is 10.6 Å². The number of anilines is 1. The summed E-state index contributed by atoms with van der Waals surface area (Å²) in [6.45, 7) is 6.02. The molecule has 98 valence electrons. The molecule has 0 aliphatic carbocycles. The maximum absolute atomic E-state index is 12.2. The van der Waals surface area contributed by atoms with Crippen molar-refractivity contribution in [1.29, 1.82) is 0 Å². The SMILES string of the molecule is CCNC1COCC1C(=O)Nc1ccc(C)cc1. The van der Waals surface area contributed by atoms with Crippen LogP contribution in [0.4, 0.5) is 5.69 Å². The van der Waals surface area contributed by atoms with Crippen molar-refractivity contribution in [3.05, 3.63) is 29.8 Å². The van der Waals surface area contributed by atoms with E-state index in [-0.39, 0.29) is 17.9 Å². The smallest absolute Gasteiger partial charge is 0.231 e. The molecule has 2 rings (SSSR count). The van der Waals surface area contributed by atoms with Gasteiger partial charge in [0.2, 0.25) is 5.91 Å². The average Bonchev–Trinajstić information content (AvgIpc) is 2.81. The van der Waals surface area contributed by atoms with Gasteiger partial charge in [-0.3, -0.25) is 4.79 Å². The standard InChI is InChI=1S/C14H20N2O2/c1-3-15-13-9-18-8-12(13)14(17)16-11-6-4-10(2)5-7-11/h4-7,12-13,15H,3,8-9H2,1-2H3,(H,16,17). The molecule has 18 heavy (non-hydrogen) atoms. The third-order valence-corrected chi connectivity index (χ3v) is 3.20. The molecular formula is C14H20N2O2.